The second kappa shape index (κ2) is 33.0. The monoisotopic (exact) mass is 891 g/mol. The largest absolute Gasteiger partial charge is 1.00 e. The first-order valence-corrected chi connectivity index (χ1v) is 21.2. The number of unbranched alkanes of at least 4 members (excludes halogenated alkanes) is 2. The van der Waals surface area contributed by atoms with Crippen LogP contribution < -0.4 is 29.6 Å². The number of methoxy groups -OCH3 is 1. The van der Waals surface area contributed by atoms with E-state index in [1.165, 1.54) is 34.1 Å². The van der Waals surface area contributed by atoms with E-state index < -0.39 is 52.6 Å². The Morgan fingerprint density at radius 1 is 0.750 bits per heavy atom. The van der Waals surface area contributed by atoms with Crippen LogP contribution in [0.3, 0.4) is 0 Å². The van der Waals surface area contributed by atoms with Crippen LogP contribution in [0.25, 0.3) is 0 Å². The van der Waals surface area contributed by atoms with Crippen molar-refractivity contribution in [2.45, 2.75) is 77.0 Å². The van der Waals surface area contributed by atoms with Gasteiger partial charge in [-0.3, -0.25) is 23.7 Å². The summed E-state index contributed by atoms with van der Waals surface area (Å²) in [4.78, 5) is 55.3. The van der Waals surface area contributed by atoms with E-state index in [1.807, 2.05) is 0 Å². The molecule has 320 valence electrons. The minimum absolute atomic E-state index is 0. The van der Waals surface area contributed by atoms with Gasteiger partial charge in [0.25, 0.3) is 0 Å². The molecular formula is C35H62FeN2NaO15P2+. The number of phenolic OH excluding ortho intramolecular Hbond substituents is 2. The van der Waals surface area contributed by atoms with Crippen LogP contribution >= 0.6 is 15.2 Å². The number of nitrogens with zero attached hydrogens (tertiary/aromatic N) is 2. The number of para-hydroxylation sites is 2. The Kier molecular flexibility index (Phi) is 35.1. The molecule has 0 aliphatic heterocycles. The Balaban J connectivity index is -0.00000329. The maximum atomic E-state index is 12.5. The van der Waals surface area contributed by atoms with Crippen LogP contribution in [-0.2, 0) is 53.6 Å². The fourth-order valence-electron chi connectivity index (χ4n) is 5.71. The van der Waals surface area contributed by atoms with Gasteiger partial charge in [0.15, 0.2) is 0 Å². The minimum atomic E-state index is -4.88. The fraction of sp³-hybridized carbons (Fsp3) is 0.629. The zero-order chi connectivity index (χ0) is 41.2. The molecule has 17 nitrogen and oxygen atoms in total. The van der Waals surface area contributed by atoms with E-state index in [1.54, 1.807) is 45.2 Å². The van der Waals surface area contributed by atoms with Crippen molar-refractivity contribution in [1.82, 2.24) is 9.80 Å². The van der Waals surface area contributed by atoms with Gasteiger partial charge in [-0.25, -0.2) is 0 Å². The number of hydrogen-bond acceptors (Lipinski definition) is 13. The Morgan fingerprint density at radius 3 is 1.70 bits per heavy atom. The van der Waals surface area contributed by atoms with Gasteiger partial charge in [0, 0.05) is 74.5 Å². The van der Waals surface area contributed by atoms with Crippen LogP contribution in [0.1, 0.15) is 63.5 Å². The molecule has 0 bridgehead atoms. The van der Waals surface area contributed by atoms with Gasteiger partial charge in [-0.05, 0) is 38.8 Å². The fourth-order valence-corrected chi connectivity index (χ4v) is 7.31. The van der Waals surface area contributed by atoms with Crippen LogP contribution in [0.15, 0.2) is 48.5 Å². The van der Waals surface area contributed by atoms with Crippen molar-refractivity contribution in [2.75, 3.05) is 65.9 Å². The van der Waals surface area contributed by atoms with Crippen molar-refractivity contribution in [3.63, 3.8) is 0 Å². The van der Waals surface area contributed by atoms with Crippen LogP contribution in [0.2, 0.25) is 0 Å². The van der Waals surface area contributed by atoms with E-state index in [9.17, 15) is 53.9 Å². The molecule has 0 fully saturated rings. The molecule has 56 heavy (non-hydrogen) atoms. The average Bonchev–Trinajstić information content (AvgIpc) is 3.08. The maximum Gasteiger partial charge on any atom is 1.00 e. The molecule has 0 saturated carbocycles. The van der Waals surface area contributed by atoms with Gasteiger partial charge in [-0.15, -0.1) is 0 Å². The molecule has 0 saturated heterocycles. The van der Waals surface area contributed by atoms with Crippen LogP contribution in [0.4, 0.5) is 0 Å². The third-order valence-corrected chi connectivity index (χ3v) is 9.54. The number of aliphatic hydroxyl groups excluding tert-OH is 4. The Labute approximate surface area is 363 Å². The average molecular weight is 892 g/mol. The Bertz CT molecular complexity index is 1410. The summed E-state index contributed by atoms with van der Waals surface area (Å²) in [6.07, 6.45) is -0.251. The molecule has 0 amide bonds. The first kappa shape index (κ1) is 59.5. The molecule has 2 aromatic carbocycles. The van der Waals surface area contributed by atoms with Gasteiger partial charge in [0.1, 0.15) is 29.9 Å². The van der Waals surface area contributed by atoms with E-state index in [2.05, 4.69) is 0 Å². The molecule has 2 atom stereocenters. The van der Waals surface area contributed by atoms with E-state index >= 15 is 0 Å². The second-order valence-corrected chi connectivity index (χ2v) is 15.6. The number of aliphatic hydroxyl groups is 4. The van der Waals surface area contributed by atoms with Crippen molar-refractivity contribution in [3.05, 3.63) is 59.7 Å². The van der Waals surface area contributed by atoms with Gasteiger partial charge < -0.3 is 59.7 Å². The molecular weight excluding hydrogens is 829 g/mol. The first-order valence-electron chi connectivity index (χ1n) is 17.6. The van der Waals surface area contributed by atoms with Gasteiger partial charge >= 0.3 is 44.7 Å². The maximum absolute atomic E-state index is 12.5. The number of Topliss-reactive ketones (excluding diaryl/α,β-unsaturated/α-hetero) is 1. The normalized spacial score (nSPS) is 12.9. The third kappa shape index (κ3) is 25.0. The molecule has 2 rings (SSSR count). The quantitative estimate of drug-likeness (QED) is 0.0337. The molecule has 0 spiro atoms. The van der Waals surface area contributed by atoms with E-state index in [-0.39, 0.29) is 134 Å². The summed E-state index contributed by atoms with van der Waals surface area (Å²) >= 11 is 0. The molecule has 0 aliphatic carbocycles. The second-order valence-electron chi connectivity index (χ2n) is 12.4. The number of carbonyl (C=O) groups is 1. The van der Waals surface area contributed by atoms with Crippen LogP contribution in [-0.4, -0.2) is 143 Å². The number of carbonyl (C=O) groups excluding carboxylic acids is 1. The topological polar surface area (TPSA) is 278 Å². The summed E-state index contributed by atoms with van der Waals surface area (Å²) in [6, 6.07) is 10.8. The Hall–Kier alpha value is -0.791. The van der Waals surface area contributed by atoms with Crippen molar-refractivity contribution >= 4 is 21.0 Å². The summed E-state index contributed by atoms with van der Waals surface area (Å²) < 4.78 is 35.2. The molecule has 10 N–H and O–H groups in total. The molecule has 0 radical (unpaired) electrons. The molecule has 2 aromatic rings. The predicted octanol–water partition coefficient (Wildman–Crippen LogP) is -0.664. The Morgan fingerprint density at radius 2 is 1.25 bits per heavy atom. The van der Waals surface area contributed by atoms with E-state index in [0.29, 0.717) is 26.1 Å². The van der Waals surface area contributed by atoms with Crippen molar-refractivity contribution in [1.29, 1.82) is 0 Å². The van der Waals surface area contributed by atoms with Gasteiger partial charge in [0.2, 0.25) is 0 Å². The molecule has 0 aromatic heterocycles. The minimum Gasteiger partial charge on any atom is -0.508 e. The van der Waals surface area contributed by atoms with Crippen LogP contribution in [0.5, 0.6) is 11.5 Å². The van der Waals surface area contributed by atoms with Crippen molar-refractivity contribution in [2.24, 2.45) is 0 Å². The van der Waals surface area contributed by atoms with E-state index in [4.69, 9.17) is 19.7 Å². The smallest absolute Gasteiger partial charge is 0.508 e. The number of ether oxygens (including phenoxy) is 2. The van der Waals surface area contributed by atoms with Crippen molar-refractivity contribution < 1.29 is 120 Å². The summed E-state index contributed by atoms with van der Waals surface area (Å²) in [7, 11) is -8.18. The first-order chi connectivity index (χ1) is 25.5. The number of benzene rings is 2. The number of rotatable bonds is 25. The summed E-state index contributed by atoms with van der Waals surface area (Å²) in [5.74, 6) is -0.395. The number of aromatic hydroxyl groups is 2. The van der Waals surface area contributed by atoms with E-state index in [0.717, 1.165) is 0 Å². The number of hydrogen-bond donors (Lipinski definition) is 10. The standard InChI is InChI=1S/C31H50N2O13P2.2C2H6O.Fe.Na/c1-45-17-18-46-16-14-27(36)11-3-2-8-15-31(22-35,33(24-48(42,43)44)20-26-10-5-7-13-29(26)38)30(21-34)32(23-47(39,40)41)19-25-9-4-6-12-28(25)37;2*1-2-3;;/h4-7,9-10,12-13,30,34-35,37-38H,2-3,8,11,14-24H2,1H3,(H2,39,40,41)(H2,42,43,44);2*3H,2H2,1H3;;/q;;;;+1. The molecule has 0 aliphatic rings. The van der Waals surface area contributed by atoms with Gasteiger partial charge in [-0.2, -0.15) is 0 Å². The molecule has 21 heteroatoms. The zero-order valence-electron chi connectivity index (χ0n) is 32.9. The van der Waals surface area contributed by atoms with Crippen molar-refractivity contribution in [3.8, 4) is 11.5 Å². The number of ketones is 1. The zero-order valence-corrected chi connectivity index (χ0v) is 37.8. The predicted molar refractivity (Wildman–Crippen MR) is 203 cm³/mol. The third-order valence-electron chi connectivity index (χ3n) is 8.10. The van der Waals surface area contributed by atoms with Crippen LogP contribution in [0, 0.1) is 0 Å². The molecule has 0 heterocycles. The summed E-state index contributed by atoms with van der Waals surface area (Å²) in [5.41, 5.74) is -1.25. The number of phenols is 2. The summed E-state index contributed by atoms with van der Waals surface area (Å²) in [5, 5.41) is 58.2. The van der Waals surface area contributed by atoms with Gasteiger partial charge in [-0.1, -0.05) is 49.2 Å². The molecule has 2 unspecified atom stereocenters. The van der Waals surface area contributed by atoms with Gasteiger partial charge in [0.05, 0.1) is 44.6 Å². The summed E-state index contributed by atoms with van der Waals surface area (Å²) in [6.45, 7) is 2.66. The SMILES string of the molecule is CCO.CCO.COCCOCCC(=O)CCCCCC(CO)(C(CO)N(Cc1ccccc1O)CP(=O)(O)O)N(Cc1ccccc1O)CP(=O)(O)O.[Fe].[Na+].